The van der Waals surface area contributed by atoms with Crippen LogP contribution in [0, 0.1) is 6.92 Å². The molecule has 0 amide bonds. The van der Waals surface area contributed by atoms with Gasteiger partial charge in [-0.1, -0.05) is 6.07 Å². The lowest BCUT2D eigenvalue weighted by molar-refractivity contribution is 0.196. The van der Waals surface area contributed by atoms with Gasteiger partial charge in [0.2, 0.25) is 0 Å². The molecule has 7 heteroatoms. The highest BCUT2D eigenvalue weighted by atomic mass is 32.1. The normalized spacial score (nSPS) is 18.3. The van der Waals surface area contributed by atoms with Crippen LogP contribution in [0.4, 0.5) is 0 Å². The highest BCUT2D eigenvalue weighted by Crippen LogP contribution is 2.33. The van der Waals surface area contributed by atoms with Gasteiger partial charge in [0.15, 0.2) is 0 Å². The third-order valence-electron chi connectivity index (χ3n) is 3.90. The summed E-state index contributed by atoms with van der Waals surface area (Å²) in [4.78, 5) is 14.7. The van der Waals surface area contributed by atoms with Crippen LogP contribution in [0.1, 0.15) is 33.1 Å². The van der Waals surface area contributed by atoms with Gasteiger partial charge < -0.3 is 4.98 Å². The molecule has 1 N–H and O–H groups in total. The van der Waals surface area contributed by atoms with E-state index in [1.165, 1.54) is 5.69 Å². The summed E-state index contributed by atoms with van der Waals surface area (Å²) in [6.45, 7) is 3.72. The van der Waals surface area contributed by atoms with Crippen LogP contribution in [-0.2, 0) is 13.0 Å². The number of pyridine rings is 1. The molecule has 3 aromatic heterocycles. The molecule has 0 radical (unpaired) electrons. The van der Waals surface area contributed by atoms with Crippen molar-refractivity contribution in [2.45, 2.75) is 25.9 Å². The number of H-pyrrole nitrogens is 1. The number of imidazole rings is 1. The fourth-order valence-corrected chi connectivity index (χ4v) is 3.67. The molecule has 1 unspecified atom stereocenters. The summed E-state index contributed by atoms with van der Waals surface area (Å²) in [5.41, 5.74) is 3.31. The smallest absolute Gasteiger partial charge is 0.131 e. The molecule has 6 nitrogen and oxygen atoms in total. The fraction of sp³-hybridized carbons (Fsp3) is 0.333. The van der Waals surface area contributed by atoms with Crippen molar-refractivity contribution in [2.24, 2.45) is 0 Å². The Morgan fingerprint density at radius 2 is 2.27 bits per heavy atom. The van der Waals surface area contributed by atoms with E-state index in [0.717, 1.165) is 40.9 Å². The van der Waals surface area contributed by atoms with Crippen molar-refractivity contribution in [3.8, 4) is 0 Å². The summed E-state index contributed by atoms with van der Waals surface area (Å²) < 4.78 is 0. The number of fused-ring (bicyclic) bond motifs is 1. The van der Waals surface area contributed by atoms with Gasteiger partial charge in [-0.3, -0.25) is 9.88 Å². The van der Waals surface area contributed by atoms with E-state index in [4.69, 9.17) is 0 Å². The monoisotopic (exact) mass is 312 g/mol. The maximum atomic E-state index is 4.55. The van der Waals surface area contributed by atoms with Gasteiger partial charge in [0.1, 0.15) is 10.0 Å². The Labute approximate surface area is 132 Å². The highest BCUT2D eigenvalue weighted by Gasteiger charge is 2.32. The Bertz CT molecular complexity index is 765. The number of hydrogen-bond acceptors (Lipinski definition) is 6. The molecule has 112 valence electrons. The van der Waals surface area contributed by atoms with Gasteiger partial charge in [-0.15, -0.1) is 21.5 Å². The summed E-state index contributed by atoms with van der Waals surface area (Å²) >= 11 is 1.65. The van der Waals surface area contributed by atoms with E-state index in [2.05, 4.69) is 36.1 Å². The van der Waals surface area contributed by atoms with Crippen molar-refractivity contribution in [1.29, 1.82) is 0 Å². The highest BCUT2D eigenvalue weighted by molar-refractivity contribution is 7.11. The first-order chi connectivity index (χ1) is 10.8. The maximum Gasteiger partial charge on any atom is 0.131 e. The summed E-state index contributed by atoms with van der Waals surface area (Å²) in [6.07, 6.45) is 4.58. The molecular formula is C15H16N6S. The standard InChI is InChI=1S/C15H16N6S/c1-10-19-20-13(22-10)8-21-7-5-11-14(18-9-17-11)15(21)12-4-2-3-6-16-12/h2-4,6,9,15H,5,7-8H2,1H3,(H,17,18). The van der Waals surface area contributed by atoms with E-state index in [0.29, 0.717) is 0 Å². The molecule has 1 aliphatic heterocycles. The second-order valence-electron chi connectivity index (χ2n) is 5.36. The number of rotatable bonds is 3. The lowest BCUT2D eigenvalue weighted by atomic mass is 9.99. The first kappa shape index (κ1) is 13.5. The Balaban J connectivity index is 1.71. The lowest BCUT2D eigenvalue weighted by Crippen LogP contribution is -2.36. The topological polar surface area (TPSA) is 70.6 Å². The van der Waals surface area contributed by atoms with Crippen molar-refractivity contribution >= 4 is 11.3 Å². The van der Waals surface area contributed by atoms with Crippen LogP contribution in [-0.4, -0.2) is 36.6 Å². The zero-order valence-corrected chi connectivity index (χ0v) is 13.0. The average molecular weight is 312 g/mol. The number of aromatic nitrogens is 5. The predicted octanol–water partition coefficient (Wildman–Crippen LogP) is 2.11. The van der Waals surface area contributed by atoms with Gasteiger partial charge in [0.25, 0.3) is 0 Å². The Hall–Kier alpha value is -2.12. The van der Waals surface area contributed by atoms with Crippen LogP contribution >= 0.6 is 11.3 Å². The SMILES string of the molecule is Cc1nnc(CN2CCc3[nH]cnc3C2c2ccccn2)s1. The maximum absolute atomic E-state index is 4.55. The Morgan fingerprint density at radius 1 is 1.32 bits per heavy atom. The van der Waals surface area contributed by atoms with E-state index < -0.39 is 0 Å². The van der Waals surface area contributed by atoms with Crippen LogP contribution in [0.25, 0.3) is 0 Å². The van der Waals surface area contributed by atoms with E-state index >= 15 is 0 Å². The fourth-order valence-electron chi connectivity index (χ4n) is 2.94. The lowest BCUT2D eigenvalue weighted by Gasteiger charge is -2.33. The van der Waals surface area contributed by atoms with Crippen molar-refractivity contribution in [2.75, 3.05) is 6.54 Å². The molecule has 0 saturated heterocycles. The van der Waals surface area contributed by atoms with Crippen molar-refractivity contribution in [3.05, 3.63) is 57.8 Å². The second-order valence-corrected chi connectivity index (χ2v) is 6.62. The predicted molar refractivity (Wildman–Crippen MR) is 83.4 cm³/mol. The number of aromatic amines is 1. The Morgan fingerprint density at radius 3 is 3.05 bits per heavy atom. The third-order valence-corrected chi connectivity index (χ3v) is 4.72. The molecule has 0 spiro atoms. The third kappa shape index (κ3) is 2.42. The molecule has 0 aromatic carbocycles. The minimum Gasteiger partial charge on any atom is -0.348 e. The van der Waals surface area contributed by atoms with E-state index in [-0.39, 0.29) is 6.04 Å². The van der Waals surface area contributed by atoms with Crippen molar-refractivity contribution in [3.63, 3.8) is 0 Å². The number of aryl methyl sites for hydroxylation is 1. The van der Waals surface area contributed by atoms with E-state index in [1.54, 1.807) is 17.7 Å². The van der Waals surface area contributed by atoms with Gasteiger partial charge in [-0.25, -0.2) is 4.98 Å². The number of nitrogens with zero attached hydrogens (tertiary/aromatic N) is 5. The van der Waals surface area contributed by atoms with Crippen molar-refractivity contribution < 1.29 is 0 Å². The molecule has 1 atom stereocenters. The van der Waals surface area contributed by atoms with Gasteiger partial charge in [0, 0.05) is 24.9 Å². The van der Waals surface area contributed by atoms with Crippen LogP contribution in [0.3, 0.4) is 0 Å². The number of nitrogens with one attached hydrogen (secondary N) is 1. The minimum atomic E-state index is 0.0698. The zero-order valence-electron chi connectivity index (χ0n) is 12.2. The first-order valence-corrected chi connectivity index (χ1v) is 8.09. The van der Waals surface area contributed by atoms with E-state index in [1.807, 2.05) is 25.3 Å². The molecule has 3 aromatic rings. The molecule has 1 aliphatic rings. The van der Waals surface area contributed by atoms with E-state index in [9.17, 15) is 0 Å². The van der Waals surface area contributed by atoms with Crippen LogP contribution in [0.2, 0.25) is 0 Å². The molecule has 0 fully saturated rings. The summed E-state index contributed by atoms with van der Waals surface area (Å²) in [6, 6.07) is 6.10. The second kappa shape index (κ2) is 5.58. The van der Waals surface area contributed by atoms with Crippen LogP contribution in [0.15, 0.2) is 30.7 Å². The largest absolute Gasteiger partial charge is 0.348 e. The van der Waals surface area contributed by atoms with Crippen LogP contribution < -0.4 is 0 Å². The van der Waals surface area contributed by atoms with Gasteiger partial charge >= 0.3 is 0 Å². The van der Waals surface area contributed by atoms with Crippen molar-refractivity contribution in [1.82, 2.24) is 30.0 Å². The molecule has 0 saturated carbocycles. The molecule has 0 aliphatic carbocycles. The van der Waals surface area contributed by atoms with Gasteiger partial charge in [-0.05, 0) is 19.1 Å². The molecular weight excluding hydrogens is 296 g/mol. The summed E-state index contributed by atoms with van der Waals surface area (Å²) in [5.74, 6) is 0. The summed E-state index contributed by atoms with van der Waals surface area (Å²) in [5, 5.41) is 10.4. The van der Waals surface area contributed by atoms with Gasteiger partial charge in [0.05, 0.1) is 30.3 Å². The first-order valence-electron chi connectivity index (χ1n) is 7.27. The molecule has 0 bridgehead atoms. The number of hydrogen-bond donors (Lipinski definition) is 1. The zero-order chi connectivity index (χ0) is 14.9. The average Bonchev–Trinajstić information content (AvgIpc) is 3.17. The molecule has 4 heterocycles. The Kier molecular flexibility index (Phi) is 3.44. The quantitative estimate of drug-likeness (QED) is 0.802. The molecule has 4 rings (SSSR count). The molecule has 22 heavy (non-hydrogen) atoms. The minimum absolute atomic E-state index is 0.0698. The summed E-state index contributed by atoms with van der Waals surface area (Å²) in [7, 11) is 0. The van der Waals surface area contributed by atoms with Crippen LogP contribution in [0.5, 0.6) is 0 Å². The van der Waals surface area contributed by atoms with Gasteiger partial charge in [-0.2, -0.15) is 0 Å².